The normalized spacial score (nSPS) is 21.6. The first-order valence-corrected chi connectivity index (χ1v) is 8.29. The number of rotatable bonds is 4. The Labute approximate surface area is 139 Å². The average molecular weight is 369 g/mol. The molecule has 5 heteroatoms. The van der Waals surface area contributed by atoms with Gasteiger partial charge in [-0.15, -0.1) is 0 Å². The lowest BCUT2D eigenvalue weighted by Crippen LogP contribution is -2.34. The Bertz CT molecular complexity index is 576. The fourth-order valence-electron chi connectivity index (χ4n) is 2.87. The molecular formula is C17H22BrFN2O. The van der Waals surface area contributed by atoms with Crippen LogP contribution < -0.4 is 4.90 Å². The van der Waals surface area contributed by atoms with Crippen molar-refractivity contribution in [3.05, 3.63) is 40.6 Å². The summed E-state index contributed by atoms with van der Waals surface area (Å²) in [5.74, 6) is 0.354. The zero-order valence-electron chi connectivity index (χ0n) is 13.2. The van der Waals surface area contributed by atoms with Crippen molar-refractivity contribution in [3.8, 4) is 0 Å². The Balaban J connectivity index is 2.02. The van der Waals surface area contributed by atoms with Crippen molar-refractivity contribution >= 4 is 27.5 Å². The maximum absolute atomic E-state index is 13.4. The summed E-state index contributed by atoms with van der Waals surface area (Å²) < 4.78 is 14.2. The van der Waals surface area contributed by atoms with Gasteiger partial charge in [0.15, 0.2) is 0 Å². The molecule has 1 aliphatic rings. The van der Waals surface area contributed by atoms with Crippen LogP contribution in [-0.4, -0.2) is 37.0 Å². The minimum Gasteiger partial charge on any atom is -0.370 e. The highest BCUT2D eigenvalue weighted by molar-refractivity contribution is 9.10. The van der Waals surface area contributed by atoms with Gasteiger partial charge in [-0.05, 0) is 46.5 Å². The van der Waals surface area contributed by atoms with E-state index >= 15 is 0 Å². The number of benzene rings is 1. The molecule has 22 heavy (non-hydrogen) atoms. The van der Waals surface area contributed by atoms with Gasteiger partial charge in [-0.3, -0.25) is 4.79 Å². The Hall–Kier alpha value is -1.36. The van der Waals surface area contributed by atoms with Crippen LogP contribution in [0.4, 0.5) is 10.1 Å². The molecule has 0 aliphatic carbocycles. The molecule has 1 aliphatic heterocycles. The van der Waals surface area contributed by atoms with Crippen molar-refractivity contribution in [1.29, 1.82) is 0 Å². The van der Waals surface area contributed by atoms with Gasteiger partial charge < -0.3 is 9.80 Å². The number of nitrogens with zero attached hydrogens (tertiary/aromatic N) is 2. The summed E-state index contributed by atoms with van der Waals surface area (Å²) in [6, 6.07) is 4.82. The standard InChI is InChI=1S/C17H22BrFN2O/c1-12-8-10-21(13(2)22)16(12)5-4-9-20(3)17-11-14(19)6-7-15(17)18/h4-7,11-12,16H,8-10H2,1-3H3/b5-4+/t12-,16?/m0/s1. The van der Waals surface area contributed by atoms with Crippen molar-refractivity contribution in [1.82, 2.24) is 4.90 Å². The summed E-state index contributed by atoms with van der Waals surface area (Å²) in [4.78, 5) is 15.5. The smallest absolute Gasteiger partial charge is 0.219 e. The van der Waals surface area contributed by atoms with Crippen LogP contribution >= 0.6 is 15.9 Å². The zero-order valence-corrected chi connectivity index (χ0v) is 14.8. The average Bonchev–Trinajstić information content (AvgIpc) is 2.83. The number of amides is 1. The highest BCUT2D eigenvalue weighted by Gasteiger charge is 2.30. The second kappa shape index (κ2) is 7.27. The molecule has 2 rings (SSSR count). The van der Waals surface area contributed by atoms with Crippen molar-refractivity contribution in [3.63, 3.8) is 0 Å². The highest BCUT2D eigenvalue weighted by atomic mass is 79.9. The molecule has 0 aromatic heterocycles. The van der Waals surface area contributed by atoms with Crippen LogP contribution in [0.3, 0.4) is 0 Å². The number of likely N-dealkylation sites (tertiary alicyclic amines) is 1. The molecule has 0 saturated carbocycles. The molecule has 1 aromatic rings. The summed E-state index contributed by atoms with van der Waals surface area (Å²) >= 11 is 3.44. The maximum Gasteiger partial charge on any atom is 0.219 e. The molecule has 1 aromatic carbocycles. The van der Waals surface area contributed by atoms with E-state index in [9.17, 15) is 9.18 Å². The maximum atomic E-state index is 13.4. The van der Waals surface area contributed by atoms with Crippen LogP contribution in [0.25, 0.3) is 0 Å². The molecule has 1 fully saturated rings. The number of anilines is 1. The minimum atomic E-state index is -0.249. The number of carbonyl (C=O) groups excluding carboxylic acids is 1. The predicted molar refractivity (Wildman–Crippen MR) is 91.5 cm³/mol. The van der Waals surface area contributed by atoms with E-state index in [2.05, 4.69) is 35.0 Å². The third-order valence-corrected chi connectivity index (χ3v) is 4.88. The quantitative estimate of drug-likeness (QED) is 0.753. The van der Waals surface area contributed by atoms with Crippen molar-refractivity contribution in [2.45, 2.75) is 26.3 Å². The molecule has 0 N–H and O–H groups in total. The van der Waals surface area contributed by atoms with Gasteiger partial charge in [0.05, 0.1) is 11.7 Å². The number of likely N-dealkylation sites (N-methyl/N-ethyl adjacent to an activating group) is 1. The lowest BCUT2D eigenvalue weighted by atomic mass is 10.0. The monoisotopic (exact) mass is 368 g/mol. The van der Waals surface area contributed by atoms with Gasteiger partial charge in [0, 0.05) is 31.5 Å². The number of hydrogen-bond acceptors (Lipinski definition) is 2. The predicted octanol–water partition coefficient (Wildman–Crippen LogP) is 3.84. The molecule has 1 unspecified atom stereocenters. The molecule has 0 bridgehead atoms. The first-order valence-electron chi connectivity index (χ1n) is 7.50. The number of hydrogen-bond donors (Lipinski definition) is 0. The largest absolute Gasteiger partial charge is 0.370 e. The van der Waals surface area contributed by atoms with E-state index in [0.717, 1.165) is 23.1 Å². The summed E-state index contributed by atoms with van der Waals surface area (Å²) in [6.07, 6.45) is 5.20. The summed E-state index contributed by atoms with van der Waals surface area (Å²) in [6.45, 7) is 5.29. The SMILES string of the molecule is CC(=O)N1CC[C@H](C)C1/C=C/CN(C)c1cc(F)ccc1Br. The Morgan fingerprint density at radius 2 is 2.27 bits per heavy atom. The van der Waals surface area contributed by atoms with Crippen molar-refractivity contribution < 1.29 is 9.18 Å². The highest BCUT2D eigenvalue weighted by Crippen LogP contribution is 2.27. The summed E-state index contributed by atoms with van der Waals surface area (Å²) in [5.41, 5.74) is 0.813. The number of halogens is 2. The van der Waals surface area contributed by atoms with Gasteiger partial charge in [0.1, 0.15) is 5.82 Å². The molecular weight excluding hydrogens is 347 g/mol. The summed E-state index contributed by atoms with van der Waals surface area (Å²) in [5, 5.41) is 0. The van der Waals surface area contributed by atoms with E-state index in [1.165, 1.54) is 12.1 Å². The van der Waals surface area contributed by atoms with Gasteiger partial charge in [-0.25, -0.2) is 4.39 Å². The lowest BCUT2D eigenvalue weighted by molar-refractivity contribution is -0.129. The second-order valence-electron chi connectivity index (χ2n) is 5.87. The molecule has 0 radical (unpaired) electrons. The van der Waals surface area contributed by atoms with Crippen molar-refractivity contribution in [2.24, 2.45) is 5.92 Å². The Kier molecular flexibility index (Phi) is 5.62. The van der Waals surface area contributed by atoms with E-state index in [-0.39, 0.29) is 17.8 Å². The number of carbonyl (C=O) groups is 1. The van der Waals surface area contributed by atoms with Crippen LogP contribution in [0, 0.1) is 11.7 Å². The Morgan fingerprint density at radius 1 is 1.55 bits per heavy atom. The van der Waals surface area contributed by atoms with Crippen LogP contribution in [0.5, 0.6) is 0 Å². The molecule has 1 saturated heterocycles. The van der Waals surface area contributed by atoms with E-state index < -0.39 is 0 Å². The van der Waals surface area contributed by atoms with Gasteiger partial charge in [-0.2, -0.15) is 0 Å². The van der Waals surface area contributed by atoms with Crippen LogP contribution in [0.1, 0.15) is 20.3 Å². The fraction of sp³-hybridized carbons (Fsp3) is 0.471. The topological polar surface area (TPSA) is 23.6 Å². The van der Waals surface area contributed by atoms with Gasteiger partial charge in [0.2, 0.25) is 5.91 Å². The molecule has 1 heterocycles. The fourth-order valence-corrected chi connectivity index (χ4v) is 3.42. The van der Waals surface area contributed by atoms with Crippen LogP contribution in [0.15, 0.2) is 34.8 Å². The molecule has 2 atom stereocenters. The zero-order chi connectivity index (χ0) is 16.3. The molecule has 1 amide bonds. The van der Waals surface area contributed by atoms with E-state index in [0.29, 0.717) is 12.5 Å². The molecule has 120 valence electrons. The minimum absolute atomic E-state index is 0.125. The second-order valence-corrected chi connectivity index (χ2v) is 6.73. The van der Waals surface area contributed by atoms with Gasteiger partial charge in [0.25, 0.3) is 0 Å². The molecule has 0 spiro atoms. The van der Waals surface area contributed by atoms with Crippen LogP contribution in [0.2, 0.25) is 0 Å². The summed E-state index contributed by atoms with van der Waals surface area (Å²) in [7, 11) is 1.92. The van der Waals surface area contributed by atoms with Crippen LogP contribution in [-0.2, 0) is 4.79 Å². The van der Waals surface area contributed by atoms with E-state index in [4.69, 9.17) is 0 Å². The first-order chi connectivity index (χ1) is 10.4. The first kappa shape index (κ1) is 17.0. The van der Waals surface area contributed by atoms with Crippen molar-refractivity contribution in [2.75, 3.05) is 25.0 Å². The lowest BCUT2D eigenvalue weighted by Gasteiger charge is -2.24. The van der Waals surface area contributed by atoms with E-state index in [1.807, 2.05) is 16.8 Å². The van der Waals surface area contributed by atoms with Gasteiger partial charge >= 0.3 is 0 Å². The van der Waals surface area contributed by atoms with Gasteiger partial charge in [-0.1, -0.05) is 19.1 Å². The third-order valence-electron chi connectivity index (χ3n) is 4.20. The third kappa shape index (κ3) is 3.88. The Morgan fingerprint density at radius 3 is 2.95 bits per heavy atom. The van der Waals surface area contributed by atoms with E-state index in [1.54, 1.807) is 13.0 Å². The molecule has 3 nitrogen and oxygen atoms in total.